The number of carbonyl (C=O) groups excluding carboxylic acids is 1. The van der Waals surface area contributed by atoms with Crippen LogP contribution in [0.15, 0.2) is 18.2 Å². The summed E-state index contributed by atoms with van der Waals surface area (Å²) >= 11 is 0. The van der Waals surface area contributed by atoms with Gasteiger partial charge in [-0.15, -0.1) is 24.8 Å². The lowest BCUT2D eigenvalue weighted by Gasteiger charge is -2.32. The van der Waals surface area contributed by atoms with Gasteiger partial charge in [-0.05, 0) is 37.6 Å². The molecule has 1 aliphatic heterocycles. The SMILES string of the molecule is CNCC(C)C(=O)N1CCCc2c(N)cccc21.Cl.Cl. The molecular weight excluding hydrogens is 297 g/mol. The van der Waals surface area contributed by atoms with E-state index in [0.717, 1.165) is 36.3 Å². The van der Waals surface area contributed by atoms with Crippen LogP contribution in [0.5, 0.6) is 0 Å². The molecule has 20 heavy (non-hydrogen) atoms. The standard InChI is InChI=1S/C14H21N3O.2ClH/c1-10(9-16-2)14(18)17-8-4-5-11-12(15)6-3-7-13(11)17;;/h3,6-7,10,16H,4-5,8-9,15H2,1-2H3;2*1H. The molecule has 0 saturated carbocycles. The zero-order valence-corrected chi connectivity index (χ0v) is 13.5. The molecule has 0 saturated heterocycles. The van der Waals surface area contributed by atoms with Gasteiger partial charge in [-0.1, -0.05) is 13.0 Å². The first kappa shape index (κ1) is 19.0. The predicted octanol–water partition coefficient (Wildman–Crippen LogP) is 2.25. The molecule has 1 aliphatic rings. The summed E-state index contributed by atoms with van der Waals surface area (Å²) in [7, 11) is 1.87. The lowest BCUT2D eigenvalue weighted by molar-refractivity contribution is -0.121. The van der Waals surface area contributed by atoms with E-state index < -0.39 is 0 Å². The quantitative estimate of drug-likeness (QED) is 0.840. The number of nitrogens with zero attached hydrogens (tertiary/aromatic N) is 1. The fourth-order valence-electron chi connectivity index (χ4n) is 2.54. The summed E-state index contributed by atoms with van der Waals surface area (Å²) in [5, 5.41) is 3.05. The van der Waals surface area contributed by atoms with Crippen molar-refractivity contribution in [1.29, 1.82) is 0 Å². The van der Waals surface area contributed by atoms with E-state index in [9.17, 15) is 4.79 Å². The van der Waals surface area contributed by atoms with Gasteiger partial charge in [0.25, 0.3) is 0 Å². The van der Waals surface area contributed by atoms with Crippen LogP contribution in [-0.4, -0.2) is 26.0 Å². The minimum Gasteiger partial charge on any atom is -0.398 e. The number of nitrogens with one attached hydrogen (secondary N) is 1. The van der Waals surface area contributed by atoms with Crippen molar-refractivity contribution in [2.24, 2.45) is 5.92 Å². The van der Waals surface area contributed by atoms with E-state index in [4.69, 9.17) is 5.73 Å². The fourth-order valence-corrected chi connectivity index (χ4v) is 2.54. The van der Waals surface area contributed by atoms with E-state index in [1.165, 1.54) is 0 Å². The van der Waals surface area contributed by atoms with Crippen LogP contribution in [0.2, 0.25) is 0 Å². The molecule has 0 aromatic heterocycles. The molecule has 1 amide bonds. The van der Waals surface area contributed by atoms with Crippen molar-refractivity contribution in [3.63, 3.8) is 0 Å². The van der Waals surface area contributed by atoms with Crippen LogP contribution in [0.4, 0.5) is 11.4 Å². The molecule has 3 N–H and O–H groups in total. The van der Waals surface area contributed by atoms with Crippen molar-refractivity contribution in [3.05, 3.63) is 23.8 Å². The Hall–Kier alpha value is -0.970. The number of carbonyl (C=O) groups is 1. The summed E-state index contributed by atoms with van der Waals surface area (Å²) < 4.78 is 0. The van der Waals surface area contributed by atoms with Crippen molar-refractivity contribution in [2.75, 3.05) is 30.8 Å². The maximum Gasteiger partial charge on any atom is 0.231 e. The van der Waals surface area contributed by atoms with Gasteiger partial charge in [-0.2, -0.15) is 0 Å². The first-order chi connectivity index (χ1) is 8.65. The van der Waals surface area contributed by atoms with Gasteiger partial charge in [-0.3, -0.25) is 4.79 Å². The number of anilines is 2. The number of hydrogen-bond acceptors (Lipinski definition) is 3. The summed E-state index contributed by atoms with van der Waals surface area (Å²) in [4.78, 5) is 14.3. The number of fused-ring (bicyclic) bond motifs is 1. The molecule has 1 aromatic rings. The normalized spacial score (nSPS) is 14.6. The molecule has 1 atom stereocenters. The van der Waals surface area contributed by atoms with Crippen LogP contribution >= 0.6 is 24.8 Å². The minimum absolute atomic E-state index is 0. The highest BCUT2D eigenvalue weighted by molar-refractivity contribution is 5.96. The van der Waals surface area contributed by atoms with Gasteiger partial charge >= 0.3 is 0 Å². The average Bonchev–Trinajstić information content (AvgIpc) is 2.38. The van der Waals surface area contributed by atoms with Gasteiger partial charge in [-0.25, -0.2) is 0 Å². The number of halogens is 2. The van der Waals surface area contributed by atoms with Gasteiger partial charge in [0.05, 0.1) is 0 Å². The molecule has 0 radical (unpaired) electrons. The smallest absolute Gasteiger partial charge is 0.231 e. The lowest BCUT2D eigenvalue weighted by atomic mass is 9.98. The highest BCUT2D eigenvalue weighted by Crippen LogP contribution is 2.31. The van der Waals surface area contributed by atoms with Crippen LogP contribution in [0.1, 0.15) is 18.9 Å². The van der Waals surface area contributed by atoms with Crippen LogP contribution < -0.4 is 16.0 Å². The van der Waals surface area contributed by atoms with E-state index in [2.05, 4.69) is 5.32 Å². The molecular formula is C14H23Cl2N3O. The third kappa shape index (κ3) is 3.78. The van der Waals surface area contributed by atoms with Crippen LogP contribution in [0.3, 0.4) is 0 Å². The molecule has 1 heterocycles. The Morgan fingerprint density at radius 2 is 2.15 bits per heavy atom. The first-order valence-electron chi connectivity index (χ1n) is 6.48. The van der Waals surface area contributed by atoms with Gasteiger partial charge in [0.2, 0.25) is 5.91 Å². The molecule has 4 nitrogen and oxygen atoms in total. The average molecular weight is 320 g/mol. The summed E-state index contributed by atoms with van der Waals surface area (Å²) in [6, 6.07) is 5.82. The number of nitrogens with two attached hydrogens (primary N) is 1. The molecule has 6 heteroatoms. The van der Waals surface area contributed by atoms with Crippen LogP contribution in [0.25, 0.3) is 0 Å². The van der Waals surface area contributed by atoms with Gasteiger partial charge in [0.15, 0.2) is 0 Å². The van der Waals surface area contributed by atoms with E-state index >= 15 is 0 Å². The van der Waals surface area contributed by atoms with E-state index in [0.29, 0.717) is 6.54 Å². The fraction of sp³-hybridized carbons (Fsp3) is 0.500. The first-order valence-corrected chi connectivity index (χ1v) is 6.48. The topological polar surface area (TPSA) is 58.4 Å². The Balaban J connectivity index is 0.00000180. The Morgan fingerprint density at radius 1 is 1.45 bits per heavy atom. The van der Waals surface area contributed by atoms with Crippen molar-refractivity contribution >= 4 is 42.1 Å². The second kappa shape index (κ2) is 8.35. The zero-order valence-electron chi connectivity index (χ0n) is 11.9. The number of hydrogen-bond donors (Lipinski definition) is 2. The number of nitrogen functional groups attached to an aromatic ring is 1. The number of rotatable bonds is 3. The Morgan fingerprint density at radius 3 is 2.80 bits per heavy atom. The van der Waals surface area contributed by atoms with Gasteiger partial charge in [0, 0.05) is 30.4 Å². The monoisotopic (exact) mass is 319 g/mol. The van der Waals surface area contributed by atoms with E-state index in [-0.39, 0.29) is 36.6 Å². The van der Waals surface area contributed by atoms with Gasteiger partial charge in [0.1, 0.15) is 0 Å². The number of amides is 1. The maximum absolute atomic E-state index is 12.4. The van der Waals surface area contributed by atoms with Gasteiger partial charge < -0.3 is 16.0 Å². The highest BCUT2D eigenvalue weighted by Gasteiger charge is 2.26. The summed E-state index contributed by atoms with van der Waals surface area (Å²) in [6.07, 6.45) is 1.95. The molecule has 2 rings (SSSR count). The highest BCUT2D eigenvalue weighted by atomic mass is 35.5. The van der Waals surface area contributed by atoms with E-state index in [1.54, 1.807) is 0 Å². The Labute approximate surface area is 132 Å². The third-order valence-electron chi connectivity index (χ3n) is 3.48. The molecule has 114 valence electrons. The molecule has 0 aliphatic carbocycles. The lowest BCUT2D eigenvalue weighted by Crippen LogP contribution is -2.41. The van der Waals surface area contributed by atoms with Crippen molar-refractivity contribution in [3.8, 4) is 0 Å². The van der Waals surface area contributed by atoms with Crippen molar-refractivity contribution in [2.45, 2.75) is 19.8 Å². The summed E-state index contributed by atoms with van der Waals surface area (Å²) in [5.41, 5.74) is 8.90. The van der Waals surface area contributed by atoms with Crippen LogP contribution in [0, 0.1) is 5.92 Å². The summed E-state index contributed by atoms with van der Waals surface area (Å²) in [6.45, 7) is 3.45. The third-order valence-corrected chi connectivity index (χ3v) is 3.48. The molecule has 1 unspecified atom stereocenters. The van der Waals surface area contributed by atoms with E-state index in [1.807, 2.05) is 37.1 Å². The number of benzene rings is 1. The summed E-state index contributed by atoms with van der Waals surface area (Å²) in [5.74, 6) is 0.165. The Kier molecular flexibility index (Phi) is 7.94. The molecule has 0 spiro atoms. The second-order valence-electron chi connectivity index (χ2n) is 4.90. The Bertz CT molecular complexity index is 454. The minimum atomic E-state index is -0.0117. The molecule has 0 bridgehead atoms. The van der Waals surface area contributed by atoms with Crippen molar-refractivity contribution < 1.29 is 4.79 Å². The predicted molar refractivity (Wildman–Crippen MR) is 89.1 cm³/mol. The second-order valence-corrected chi connectivity index (χ2v) is 4.90. The molecule has 1 aromatic carbocycles. The van der Waals surface area contributed by atoms with Crippen molar-refractivity contribution in [1.82, 2.24) is 5.32 Å². The maximum atomic E-state index is 12.4. The molecule has 0 fully saturated rings. The van der Waals surface area contributed by atoms with Crippen LogP contribution in [-0.2, 0) is 11.2 Å². The largest absolute Gasteiger partial charge is 0.398 e. The zero-order chi connectivity index (χ0) is 13.1.